The number of hydrogen-bond acceptors (Lipinski definition) is 3. The highest BCUT2D eigenvalue weighted by molar-refractivity contribution is 7.10. The molecular weight excluding hydrogens is 311 g/mol. The molecule has 3 rings (SSSR count). The molecule has 0 bridgehead atoms. The molecule has 0 unspecified atom stereocenters. The van der Waals surface area contributed by atoms with Crippen molar-refractivity contribution in [2.24, 2.45) is 5.73 Å². The van der Waals surface area contributed by atoms with Crippen LogP contribution in [0, 0.1) is 0 Å². The fourth-order valence-corrected chi connectivity index (χ4v) is 4.22. The van der Waals surface area contributed by atoms with Crippen LogP contribution in [-0.2, 0) is 5.54 Å². The van der Waals surface area contributed by atoms with Gasteiger partial charge in [0.15, 0.2) is 0 Å². The van der Waals surface area contributed by atoms with Crippen molar-refractivity contribution in [3.63, 3.8) is 0 Å². The summed E-state index contributed by atoms with van der Waals surface area (Å²) in [7, 11) is 0. The summed E-state index contributed by atoms with van der Waals surface area (Å²) in [5.41, 5.74) is 8.08. The van der Waals surface area contributed by atoms with E-state index in [2.05, 4.69) is 0 Å². The predicted octanol–water partition coefficient (Wildman–Crippen LogP) is 5.24. The van der Waals surface area contributed by atoms with Gasteiger partial charge in [-0.3, -0.25) is 0 Å². The third-order valence-corrected chi connectivity index (χ3v) is 5.49. The van der Waals surface area contributed by atoms with E-state index >= 15 is 0 Å². The van der Waals surface area contributed by atoms with Crippen molar-refractivity contribution >= 4 is 34.5 Å². The first kappa shape index (κ1) is 14.3. The molecule has 0 aliphatic heterocycles. The van der Waals surface area contributed by atoms with E-state index in [1.807, 2.05) is 17.5 Å². The highest BCUT2D eigenvalue weighted by Gasteiger charge is 2.32. The maximum Gasteiger partial charge on any atom is 0.113 e. The molecule has 20 heavy (non-hydrogen) atoms. The lowest BCUT2D eigenvalue weighted by Crippen LogP contribution is -2.38. The van der Waals surface area contributed by atoms with Crippen molar-refractivity contribution in [3.8, 4) is 11.3 Å². The molecule has 1 aliphatic carbocycles. The standard InChI is InChI=1S/C15H16Cl2N2S/c16-10-4-5-11(12(17)8-10)13-9-20-14(19-13)15(18)6-2-1-3-7-15/h4-5,8-9H,1-3,6-7,18H2. The van der Waals surface area contributed by atoms with Crippen molar-refractivity contribution in [1.29, 1.82) is 0 Å². The number of nitrogens with two attached hydrogens (primary N) is 1. The molecule has 1 aromatic carbocycles. The molecule has 1 fully saturated rings. The second-order valence-corrected chi connectivity index (χ2v) is 7.08. The third-order valence-electron chi connectivity index (χ3n) is 3.88. The minimum Gasteiger partial charge on any atom is -0.319 e. The van der Waals surface area contributed by atoms with Crippen LogP contribution in [-0.4, -0.2) is 4.98 Å². The van der Waals surface area contributed by atoms with Crippen molar-refractivity contribution in [3.05, 3.63) is 38.6 Å². The fraction of sp³-hybridized carbons (Fsp3) is 0.400. The van der Waals surface area contributed by atoms with Crippen LogP contribution in [0.15, 0.2) is 23.6 Å². The van der Waals surface area contributed by atoms with E-state index in [9.17, 15) is 0 Å². The van der Waals surface area contributed by atoms with Gasteiger partial charge in [-0.15, -0.1) is 11.3 Å². The number of aromatic nitrogens is 1. The first-order valence-corrected chi connectivity index (χ1v) is 8.42. The second kappa shape index (κ2) is 5.64. The minimum absolute atomic E-state index is 0.250. The van der Waals surface area contributed by atoms with Gasteiger partial charge in [0, 0.05) is 16.0 Å². The Balaban J connectivity index is 1.93. The number of benzene rings is 1. The van der Waals surface area contributed by atoms with Crippen LogP contribution in [0.5, 0.6) is 0 Å². The van der Waals surface area contributed by atoms with Crippen LogP contribution < -0.4 is 5.73 Å². The zero-order chi connectivity index (χ0) is 14.2. The number of hydrogen-bond donors (Lipinski definition) is 1. The van der Waals surface area contributed by atoms with Crippen LogP contribution in [0.3, 0.4) is 0 Å². The number of nitrogens with zero attached hydrogens (tertiary/aromatic N) is 1. The third kappa shape index (κ3) is 2.73. The maximum absolute atomic E-state index is 6.53. The Kier molecular flexibility index (Phi) is 4.04. The molecule has 1 heterocycles. The Morgan fingerprint density at radius 1 is 1.15 bits per heavy atom. The van der Waals surface area contributed by atoms with Crippen LogP contribution >= 0.6 is 34.5 Å². The highest BCUT2D eigenvalue weighted by Crippen LogP contribution is 2.39. The van der Waals surface area contributed by atoms with Gasteiger partial charge in [0.05, 0.1) is 16.3 Å². The molecule has 2 nitrogen and oxygen atoms in total. The van der Waals surface area contributed by atoms with Gasteiger partial charge >= 0.3 is 0 Å². The maximum atomic E-state index is 6.53. The molecule has 0 radical (unpaired) electrons. The summed E-state index contributed by atoms with van der Waals surface area (Å²) in [5, 5.41) is 4.33. The minimum atomic E-state index is -0.250. The van der Waals surface area contributed by atoms with Crippen LogP contribution in [0.2, 0.25) is 10.0 Å². The molecule has 1 saturated carbocycles. The number of rotatable bonds is 2. The van der Waals surface area contributed by atoms with E-state index in [1.54, 1.807) is 17.4 Å². The lowest BCUT2D eigenvalue weighted by Gasteiger charge is -2.31. The first-order valence-electron chi connectivity index (χ1n) is 6.79. The average Bonchev–Trinajstić information content (AvgIpc) is 2.90. The molecule has 0 amide bonds. The highest BCUT2D eigenvalue weighted by atomic mass is 35.5. The van der Waals surface area contributed by atoms with Crippen LogP contribution in [0.4, 0.5) is 0 Å². The lowest BCUT2D eigenvalue weighted by molar-refractivity contribution is 0.301. The Morgan fingerprint density at radius 2 is 1.90 bits per heavy atom. The van der Waals surface area contributed by atoms with Gasteiger partial charge < -0.3 is 5.73 Å². The van der Waals surface area contributed by atoms with Crippen molar-refractivity contribution in [2.75, 3.05) is 0 Å². The molecular formula is C15H16Cl2N2S. The normalized spacial score (nSPS) is 18.1. The fourth-order valence-electron chi connectivity index (χ4n) is 2.72. The Bertz CT molecular complexity index is 618. The lowest BCUT2D eigenvalue weighted by atomic mass is 9.83. The zero-order valence-corrected chi connectivity index (χ0v) is 13.4. The van der Waals surface area contributed by atoms with Gasteiger partial charge in [-0.05, 0) is 31.0 Å². The van der Waals surface area contributed by atoms with Gasteiger partial charge in [0.1, 0.15) is 5.01 Å². The van der Waals surface area contributed by atoms with E-state index in [0.717, 1.165) is 29.1 Å². The quantitative estimate of drug-likeness (QED) is 0.820. The molecule has 1 aromatic heterocycles. The van der Waals surface area contributed by atoms with Gasteiger partial charge in [-0.25, -0.2) is 4.98 Å². The summed E-state index contributed by atoms with van der Waals surface area (Å²) in [6, 6.07) is 5.49. The van der Waals surface area contributed by atoms with Gasteiger partial charge in [0.25, 0.3) is 0 Å². The molecule has 106 valence electrons. The van der Waals surface area contributed by atoms with E-state index in [0.29, 0.717) is 10.0 Å². The summed E-state index contributed by atoms with van der Waals surface area (Å²) in [6.45, 7) is 0. The van der Waals surface area contributed by atoms with Crippen LogP contribution in [0.25, 0.3) is 11.3 Å². The summed E-state index contributed by atoms with van der Waals surface area (Å²) >= 11 is 13.8. The second-order valence-electron chi connectivity index (χ2n) is 5.38. The van der Waals surface area contributed by atoms with Gasteiger partial charge in [-0.1, -0.05) is 42.5 Å². The summed E-state index contributed by atoms with van der Waals surface area (Å²) < 4.78 is 0. The molecule has 1 aliphatic rings. The largest absolute Gasteiger partial charge is 0.319 e. The number of halogens is 2. The van der Waals surface area contributed by atoms with Crippen molar-refractivity contribution in [2.45, 2.75) is 37.6 Å². The zero-order valence-electron chi connectivity index (χ0n) is 11.0. The summed E-state index contributed by atoms with van der Waals surface area (Å²) in [6.07, 6.45) is 5.70. The molecule has 0 spiro atoms. The van der Waals surface area contributed by atoms with Gasteiger partial charge in [-0.2, -0.15) is 0 Å². The Morgan fingerprint density at radius 3 is 2.60 bits per heavy atom. The summed E-state index contributed by atoms with van der Waals surface area (Å²) in [5.74, 6) is 0. The molecule has 5 heteroatoms. The van der Waals surface area contributed by atoms with E-state index in [-0.39, 0.29) is 5.54 Å². The predicted molar refractivity (Wildman–Crippen MR) is 86.5 cm³/mol. The molecule has 2 N–H and O–H groups in total. The van der Waals surface area contributed by atoms with E-state index in [1.165, 1.54) is 19.3 Å². The van der Waals surface area contributed by atoms with Gasteiger partial charge in [0.2, 0.25) is 0 Å². The smallest absolute Gasteiger partial charge is 0.113 e. The summed E-state index contributed by atoms with van der Waals surface area (Å²) in [4.78, 5) is 4.73. The molecule has 0 atom stereocenters. The SMILES string of the molecule is NC1(c2nc(-c3ccc(Cl)cc3Cl)cs2)CCCCC1. The van der Waals surface area contributed by atoms with Crippen LogP contribution in [0.1, 0.15) is 37.1 Å². The van der Waals surface area contributed by atoms with Crippen molar-refractivity contribution < 1.29 is 0 Å². The van der Waals surface area contributed by atoms with E-state index < -0.39 is 0 Å². The Labute approximate surface area is 132 Å². The monoisotopic (exact) mass is 326 g/mol. The van der Waals surface area contributed by atoms with Crippen molar-refractivity contribution in [1.82, 2.24) is 4.98 Å². The number of thiazole rings is 1. The average molecular weight is 327 g/mol. The topological polar surface area (TPSA) is 38.9 Å². The molecule has 2 aromatic rings. The van der Waals surface area contributed by atoms with E-state index in [4.69, 9.17) is 33.9 Å². The molecule has 0 saturated heterocycles. The first-order chi connectivity index (χ1) is 9.58. The Hall–Kier alpha value is -0.610.